The molecule has 9 heteroatoms. The van der Waals surface area contributed by atoms with Crippen molar-refractivity contribution in [3.8, 4) is 5.75 Å². The molecule has 0 unspecified atom stereocenters. The number of carbonyl (C=O) groups excluding carboxylic acids is 2. The Morgan fingerprint density at radius 1 is 0.970 bits per heavy atom. The van der Waals surface area contributed by atoms with Crippen LogP contribution in [-0.4, -0.2) is 33.1 Å². The summed E-state index contributed by atoms with van der Waals surface area (Å²) in [5, 5.41) is 5.54. The summed E-state index contributed by atoms with van der Waals surface area (Å²) in [5.41, 5.74) is 2.04. The molecule has 0 spiro atoms. The van der Waals surface area contributed by atoms with Gasteiger partial charge < -0.3 is 15.4 Å². The second-order valence-corrected chi connectivity index (χ2v) is 9.71. The van der Waals surface area contributed by atoms with Crippen LogP contribution in [0.5, 0.6) is 5.75 Å². The SMILES string of the molecule is CCc1cccc(OCC(=O)Nc2ccc(NC(=O)c3cccc(S(C)(=O)=O)c3)c(Cl)c2)c1. The first kappa shape index (κ1) is 24.3. The predicted molar refractivity (Wildman–Crippen MR) is 129 cm³/mol. The zero-order valence-electron chi connectivity index (χ0n) is 18.1. The zero-order valence-corrected chi connectivity index (χ0v) is 19.7. The second-order valence-electron chi connectivity index (χ2n) is 7.29. The number of rotatable bonds is 8. The highest BCUT2D eigenvalue weighted by Crippen LogP contribution is 2.26. The summed E-state index contributed by atoms with van der Waals surface area (Å²) < 4.78 is 28.9. The summed E-state index contributed by atoms with van der Waals surface area (Å²) in [6, 6.07) is 17.9. The maximum Gasteiger partial charge on any atom is 0.262 e. The van der Waals surface area contributed by atoms with Crippen LogP contribution < -0.4 is 15.4 Å². The number of benzene rings is 3. The zero-order chi connectivity index (χ0) is 24.0. The minimum absolute atomic E-state index is 0.0444. The van der Waals surface area contributed by atoms with E-state index < -0.39 is 15.7 Å². The number of hydrogen-bond donors (Lipinski definition) is 2. The highest BCUT2D eigenvalue weighted by atomic mass is 35.5. The molecule has 0 atom stereocenters. The van der Waals surface area contributed by atoms with Gasteiger partial charge in [0, 0.05) is 17.5 Å². The number of hydrogen-bond acceptors (Lipinski definition) is 5. The van der Waals surface area contributed by atoms with Crippen LogP contribution >= 0.6 is 11.6 Å². The summed E-state index contributed by atoms with van der Waals surface area (Å²) in [7, 11) is -3.44. The van der Waals surface area contributed by atoms with Crippen LogP contribution in [0.4, 0.5) is 11.4 Å². The van der Waals surface area contributed by atoms with E-state index in [1.54, 1.807) is 18.2 Å². The van der Waals surface area contributed by atoms with Gasteiger partial charge in [-0.1, -0.05) is 36.7 Å². The van der Waals surface area contributed by atoms with E-state index in [0.717, 1.165) is 18.2 Å². The highest BCUT2D eigenvalue weighted by molar-refractivity contribution is 7.90. The van der Waals surface area contributed by atoms with E-state index in [4.69, 9.17) is 16.3 Å². The van der Waals surface area contributed by atoms with Crippen molar-refractivity contribution in [3.63, 3.8) is 0 Å². The van der Waals surface area contributed by atoms with Crippen molar-refractivity contribution in [2.45, 2.75) is 18.2 Å². The molecule has 0 saturated heterocycles. The van der Waals surface area contributed by atoms with E-state index in [0.29, 0.717) is 17.1 Å². The molecule has 0 aliphatic rings. The van der Waals surface area contributed by atoms with Gasteiger partial charge in [0.05, 0.1) is 15.6 Å². The van der Waals surface area contributed by atoms with Gasteiger partial charge in [0.2, 0.25) is 0 Å². The maximum atomic E-state index is 12.5. The van der Waals surface area contributed by atoms with Crippen LogP contribution in [0.3, 0.4) is 0 Å². The quantitative estimate of drug-likeness (QED) is 0.485. The molecule has 33 heavy (non-hydrogen) atoms. The van der Waals surface area contributed by atoms with Crippen molar-refractivity contribution >= 4 is 44.6 Å². The Morgan fingerprint density at radius 2 is 1.73 bits per heavy atom. The van der Waals surface area contributed by atoms with Crippen molar-refractivity contribution in [3.05, 3.63) is 82.9 Å². The third-order valence-electron chi connectivity index (χ3n) is 4.70. The van der Waals surface area contributed by atoms with Gasteiger partial charge in [-0.05, 0) is 60.5 Å². The Kier molecular flexibility index (Phi) is 7.73. The molecular formula is C24H23ClN2O5S. The van der Waals surface area contributed by atoms with Crippen molar-refractivity contribution in [2.75, 3.05) is 23.5 Å². The van der Waals surface area contributed by atoms with Crippen molar-refractivity contribution < 1.29 is 22.7 Å². The number of aryl methyl sites for hydroxylation is 1. The molecule has 0 aliphatic carbocycles. The van der Waals surface area contributed by atoms with Gasteiger partial charge in [-0.15, -0.1) is 0 Å². The molecule has 3 aromatic rings. The molecule has 3 aromatic carbocycles. The van der Waals surface area contributed by atoms with Gasteiger partial charge in [0.25, 0.3) is 11.8 Å². The topological polar surface area (TPSA) is 102 Å². The van der Waals surface area contributed by atoms with Crippen LogP contribution in [-0.2, 0) is 21.1 Å². The minimum Gasteiger partial charge on any atom is -0.484 e. The first-order valence-electron chi connectivity index (χ1n) is 10.1. The Labute approximate surface area is 197 Å². The largest absolute Gasteiger partial charge is 0.484 e. The molecule has 2 N–H and O–H groups in total. The molecular weight excluding hydrogens is 464 g/mol. The van der Waals surface area contributed by atoms with E-state index in [1.807, 2.05) is 25.1 Å². The van der Waals surface area contributed by atoms with E-state index in [9.17, 15) is 18.0 Å². The molecule has 0 aliphatic heterocycles. The highest BCUT2D eigenvalue weighted by Gasteiger charge is 2.14. The first-order valence-corrected chi connectivity index (χ1v) is 12.4. The maximum absolute atomic E-state index is 12.5. The Balaban J connectivity index is 1.61. The summed E-state index contributed by atoms with van der Waals surface area (Å²) in [6.45, 7) is 1.87. The minimum atomic E-state index is -3.44. The lowest BCUT2D eigenvalue weighted by Crippen LogP contribution is -2.20. The normalized spacial score (nSPS) is 11.0. The molecule has 0 bridgehead atoms. The summed E-state index contributed by atoms with van der Waals surface area (Å²) in [4.78, 5) is 24.8. The van der Waals surface area contributed by atoms with E-state index >= 15 is 0 Å². The Hall–Kier alpha value is -3.36. The van der Waals surface area contributed by atoms with Crippen LogP contribution in [0.1, 0.15) is 22.8 Å². The van der Waals surface area contributed by atoms with Crippen LogP contribution in [0.25, 0.3) is 0 Å². The van der Waals surface area contributed by atoms with E-state index in [2.05, 4.69) is 10.6 Å². The number of nitrogens with one attached hydrogen (secondary N) is 2. The van der Waals surface area contributed by atoms with Crippen LogP contribution in [0.2, 0.25) is 5.02 Å². The number of halogens is 1. The van der Waals surface area contributed by atoms with Crippen molar-refractivity contribution in [2.24, 2.45) is 0 Å². The van der Waals surface area contributed by atoms with Gasteiger partial charge in [0.1, 0.15) is 5.75 Å². The molecule has 0 radical (unpaired) electrons. The standard InChI is InChI=1S/C24H23ClN2O5S/c1-3-16-6-4-8-19(12-16)32-15-23(28)26-18-10-11-22(21(25)14-18)27-24(29)17-7-5-9-20(13-17)33(2,30)31/h4-14H,3,15H2,1-2H3,(H,26,28)(H,27,29). The molecule has 7 nitrogen and oxygen atoms in total. The molecule has 0 aromatic heterocycles. The van der Waals surface area contributed by atoms with Crippen molar-refractivity contribution in [1.82, 2.24) is 0 Å². The fourth-order valence-electron chi connectivity index (χ4n) is 2.96. The fourth-order valence-corrected chi connectivity index (χ4v) is 3.85. The first-order chi connectivity index (χ1) is 15.7. The summed E-state index contributed by atoms with van der Waals surface area (Å²) in [5.74, 6) is -0.259. The van der Waals surface area contributed by atoms with Gasteiger partial charge in [-0.2, -0.15) is 0 Å². The Bertz CT molecular complexity index is 1290. The molecule has 0 fully saturated rings. The molecule has 0 heterocycles. The second kappa shape index (κ2) is 10.5. The third kappa shape index (κ3) is 6.81. The fraction of sp³-hybridized carbons (Fsp3) is 0.167. The van der Waals surface area contributed by atoms with Gasteiger partial charge in [-0.3, -0.25) is 9.59 Å². The average Bonchev–Trinajstić information content (AvgIpc) is 2.79. The molecule has 172 valence electrons. The smallest absolute Gasteiger partial charge is 0.262 e. The predicted octanol–water partition coefficient (Wildman–Crippen LogP) is 4.58. The molecule has 2 amide bonds. The number of carbonyl (C=O) groups is 2. The van der Waals surface area contributed by atoms with Gasteiger partial charge in [0.15, 0.2) is 16.4 Å². The summed E-state index contributed by atoms with van der Waals surface area (Å²) in [6.07, 6.45) is 1.94. The van der Waals surface area contributed by atoms with Gasteiger partial charge in [-0.25, -0.2) is 8.42 Å². The number of sulfone groups is 1. The molecule has 3 rings (SSSR count). The van der Waals surface area contributed by atoms with Crippen LogP contribution in [0.15, 0.2) is 71.6 Å². The van der Waals surface area contributed by atoms with Crippen molar-refractivity contribution in [1.29, 1.82) is 0 Å². The number of amides is 2. The molecule has 0 saturated carbocycles. The lowest BCUT2D eigenvalue weighted by Gasteiger charge is -2.11. The third-order valence-corrected chi connectivity index (χ3v) is 6.12. The lowest BCUT2D eigenvalue weighted by atomic mass is 10.2. The number of ether oxygens (including phenoxy) is 1. The van der Waals surface area contributed by atoms with Gasteiger partial charge >= 0.3 is 0 Å². The monoisotopic (exact) mass is 486 g/mol. The average molecular weight is 487 g/mol. The number of anilines is 2. The van der Waals surface area contributed by atoms with E-state index in [-0.39, 0.29) is 28.0 Å². The summed E-state index contributed by atoms with van der Waals surface area (Å²) >= 11 is 6.26. The lowest BCUT2D eigenvalue weighted by molar-refractivity contribution is -0.118. The Morgan fingerprint density at radius 3 is 2.42 bits per heavy atom. The van der Waals surface area contributed by atoms with Crippen LogP contribution in [0, 0.1) is 0 Å². The van der Waals surface area contributed by atoms with E-state index in [1.165, 1.54) is 30.3 Å².